The Morgan fingerprint density at radius 1 is 1.14 bits per heavy atom. The van der Waals surface area contributed by atoms with Crippen LogP contribution in [-0.2, 0) is 11.2 Å². The van der Waals surface area contributed by atoms with Crippen LogP contribution in [0.15, 0.2) is 42.5 Å². The van der Waals surface area contributed by atoms with Gasteiger partial charge in [-0.3, -0.25) is 4.79 Å². The van der Waals surface area contributed by atoms with Gasteiger partial charge in [0, 0.05) is 25.2 Å². The maximum absolute atomic E-state index is 12.4. The second-order valence-corrected chi connectivity index (χ2v) is 7.17. The van der Waals surface area contributed by atoms with Crippen LogP contribution in [0.25, 0.3) is 0 Å². The van der Waals surface area contributed by atoms with Crippen LogP contribution in [-0.4, -0.2) is 38.2 Å². The topological polar surface area (TPSA) is 70.7 Å². The molecule has 1 heterocycles. The first-order chi connectivity index (χ1) is 13.5. The lowest BCUT2D eigenvalue weighted by Crippen LogP contribution is -2.43. The Labute approximate surface area is 165 Å². The Morgan fingerprint density at radius 3 is 2.57 bits per heavy atom. The van der Waals surface area contributed by atoms with Crippen molar-refractivity contribution in [3.63, 3.8) is 0 Å². The van der Waals surface area contributed by atoms with Gasteiger partial charge in [0.25, 0.3) is 0 Å². The number of aryl methyl sites for hydroxylation is 2. The fourth-order valence-electron chi connectivity index (χ4n) is 3.30. The van der Waals surface area contributed by atoms with Crippen molar-refractivity contribution in [3.05, 3.63) is 59.2 Å². The maximum Gasteiger partial charge on any atom is 0.315 e. The quantitative estimate of drug-likeness (QED) is 0.808. The molecule has 3 amide bonds. The van der Waals surface area contributed by atoms with Crippen molar-refractivity contribution in [3.8, 4) is 5.75 Å². The Morgan fingerprint density at radius 2 is 1.89 bits per heavy atom. The van der Waals surface area contributed by atoms with E-state index in [1.165, 1.54) is 5.56 Å². The summed E-state index contributed by atoms with van der Waals surface area (Å²) in [7, 11) is 1.63. The maximum atomic E-state index is 12.4. The number of nitrogens with one attached hydrogen (secondary N) is 2. The lowest BCUT2D eigenvalue weighted by Gasteiger charge is -2.18. The number of carbonyl (C=O) groups is 2. The molecule has 2 aromatic carbocycles. The molecule has 0 unspecified atom stereocenters. The number of hydrogen-bond donors (Lipinski definition) is 2. The van der Waals surface area contributed by atoms with E-state index in [2.05, 4.69) is 10.6 Å². The molecule has 0 bridgehead atoms. The average molecular weight is 381 g/mol. The minimum Gasteiger partial charge on any atom is -0.497 e. The molecule has 0 radical (unpaired) electrons. The SMILES string of the molecule is COc1ccc(CCNC(=O)N[C@H]2CC(=O)N(c3ccc(C)c(C)c3)C2)cc1. The van der Waals surface area contributed by atoms with Gasteiger partial charge < -0.3 is 20.3 Å². The fourth-order valence-corrected chi connectivity index (χ4v) is 3.30. The Bertz CT molecular complexity index is 849. The minimum atomic E-state index is -0.242. The monoisotopic (exact) mass is 381 g/mol. The highest BCUT2D eigenvalue weighted by atomic mass is 16.5. The Hall–Kier alpha value is -3.02. The third-order valence-electron chi connectivity index (χ3n) is 5.12. The highest BCUT2D eigenvalue weighted by Crippen LogP contribution is 2.24. The molecule has 0 aliphatic carbocycles. The molecule has 3 rings (SSSR count). The van der Waals surface area contributed by atoms with Gasteiger partial charge in [-0.05, 0) is 61.2 Å². The van der Waals surface area contributed by atoms with Gasteiger partial charge >= 0.3 is 6.03 Å². The first-order valence-corrected chi connectivity index (χ1v) is 9.51. The van der Waals surface area contributed by atoms with Gasteiger partial charge in [0.2, 0.25) is 5.91 Å². The van der Waals surface area contributed by atoms with Crippen LogP contribution in [0.2, 0.25) is 0 Å². The van der Waals surface area contributed by atoms with E-state index in [0.29, 0.717) is 19.5 Å². The molecule has 0 spiro atoms. The number of hydrogen-bond acceptors (Lipinski definition) is 3. The predicted molar refractivity (Wildman–Crippen MR) is 110 cm³/mol. The number of anilines is 1. The number of benzene rings is 2. The Balaban J connectivity index is 1.46. The zero-order valence-corrected chi connectivity index (χ0v) is 16.6. The minimum absolute atomic E-state index is 0.0341. The fraction of sp³-hybridized carbons (Fsp3) is 0.364. The number of methoxy groups -OCH3 is 1. The molecule has 0 saturated carbocycles. The van der Waals surface area contributed by atoms with Crippen LogP contribution in [0.5, 0.6) is 5.75 Å². The molecule has 1 aliphatic rings. The third kappa shape index (κ3) is 4.82. The van der Waals surface area contributed by atoms with Crippen molar-refractivity contribution < 1.29 is 14.3 Å². The third-order valence-corrected chi connectivity index (χ3v) is 5.12. The van der Waals surface area contributed by atoms with Gasteiger partial charge in [-0.25, -0.2) is 4.79 Å². The normalized spacial score (nSPS) is 16.2. The summed E-state index contributed by atoms with van der Waals surface area (Å²) in [5, 5.41) is 5.77. The number of amides is 3. The number of ether oxygens (including phenoxy) is 1. The number of rotatable bonds is 6. The van der Waals surface area contributed by atoms with Gasteiger partial charge in [0.15, 0.2) is 0 Å². The largest absolute Gasteiger partial charge is 0.497 e. The van der Waals surface area contributed by atoms with Gasteiger partial charge in [-0.1, -0.05) is 18.2 Å². The van der Waals surface area contributed by atoms with Crippen LogP contribution >= 0.6 is 0 Å². The summed E-state index contributed by atoms with van der Waals surface area (Å²) in [5.41, 5.74) is 4.36. The van der Waals surface area contributed by atoms with E-state index in [1.54, 1.807) is 12.0 Å². The van der Waals surface area contributed by atoms with Crippen molar-refractivity contribution in [2.75, 3.05) is 25.1 Å². The van der Waals surface area contributed by atoms with E-state index >= 15 is 0 Å². The molecule has 2 N–H and O–H groups in total. The first kappa shape index (κ1) is 19.7. The molecule has 1 atom stereocenters. The van der Waals surface area contributed by atoms with E-state index < -0.39 is 0 Å². The lowest BCUT2D eigenvalue weighted by atomic mass is 10.1. The summed E-state index contributed by atoms with van der Waals surface area (Å²) in [5.74, 6) is 0.848. The van der Waals surface area contributed by atoms with Crippen LogP contribution < -0.4 is 20.3 Å². The highest BCUT2D eigenvalue weighted by molar-refractivity contribution is 5.96. The molecule has 148 valence electrons. The van der Waals surface area contributed by atoms with Crippen LogP contribution in [0.3, 0.4) is 0 Å². The van der Waals surface area contributed by atoms with E-state index in [1.807, 2.05) is 56.3 Å². The lowest BCUT2D eigenvalue weighted by molar-refractivity contribution is -0.117. The zero-order chi connectivity index (χ0) is 20.1. The molecule has 2 aromatic rings. The molecule has 1 aliphatic heterocycles. The smallest absolute Gasteiger partial charge is 0.315 e. The molecule has 1 fully saturated rings. The van der Waals surface area contributed by atoms with Gasteiger partial charge in [0.1, 0.15) is 5.75 Å². The molecular weight excluding hydrogens is 354 g/mol. The molecule has 1 saturated heterocycles. The molecular formula is C22H27N3O3. The van der Waals surface area contributed by atoms with E-state index in [0.717, 1.165) is 29.0 Å². The van der Waals surface area contributed by atoms with Crippen molar-refractivity contribution >= 4 is 17.6 Å². The van der Waals surface area contributed by atoms with Gasteiger partial charge in [-0.15, -0.1) is 0 Å². The molecule has 6 nitrogen and oxygen atoms in total. The number of nitrogens with zero attached hydrogens (tertiary/aromatic N) is 1. The second-order valence-electron chi connectivity index (χ2n) is 7.17. The van der Waals surface area contributed by atoms with E-state index in [-0.39, 0.29) is 18.0 Å². The summed E-state index contributed by atoms with van der Waals surface area (Å²) in [6.07, 6.45) is 1.05. The number of urea groups is 1. The second kappa shape index (κ2) is 8.78. The van der Waals surface area contributed by atoms with Crippen LogP contribution in [0.1, 0.15) is 23.1 Å². The average Bonchev–Trinajstić information content (AvgIpc) is 3.04. The van der Waals surface area contributed by atoms with E-state index in [4.69, 9.17) is 4.74 Å². The number of carbonyl (C=O) groups excluding carboxylic acids is 2. The zero-order valence-electron chi connectivity index (χ0n) is 16.6. The van der Waals surface area contributed by atoms with Crippen molar-refractivity contribution in [1.29, 1.82) is 0 Å². The summed E-state index contributed by atoms with van der Waals surface area (Å²) < 4.78 is 5.14. The first-order valence-electron chi connectivity index (χ1n) is 9.51. The Kier molecular flexibility index (Phi) is 6.19. The van der Waals surface area contributed by atoms with Crippen molar-refractivity contribution in [2.24, 2.45) is 0 Å². The van der Waals surface area contributed by atoms with Crippen LogP contribution in [0, 0.1) is 13.8 Å². The highest BCUT2D eigenvalue weighted by Gasteiger charge is 2.31. The van der Waals surface area contributed by atoms with Crippen LogP contribution in [0.4, 0.5) is 10.5 Å². The van der Waals surface area contributed by atoms with Gasteiger partial charge in [-0.2, -0.15) is 0 Å². The standard InChI is InChI=1S/C22H27N3O3/c1-15-4-7-19(12-16(15)2)25-14-18(13-21(25)26)24-22(27)23-11-10-17-5-8-20(28-3)9-6-17/h4-9,12,18H,10-11,13-14H2,1-3H3,(H2,23,24,27)/t18-/m0/s1. The summed E-state index contributed by atoms with van der Waals surface area (Å²) in [4.78, 5) is 26.3. The van der Waals surface area contributed by atoms with E-state index in [9.17, 15) is 9.59 Å². The molecule has 0 aromatic heterocycles. The predicted octanol–water partition coefficient (Wildman–Crippen LogP) is 2.96. The summed E-state index contributed by atoms with van der Waals surface area (Å²) in [6.45, 7) is 5.10. The van der Waals surface area contributed by atoms with Crippen molar-refractivity contribution in [1.82, 2.24) is 10.6 Å². The molecule has 28 heavy (non-hydrogen) atoms. The van der Waals surface area contributed by atoms with Crippen molar-refractivity contribution in [2.45, 2.75) is 32.7 Å². The molecule has 6 heteroatoms. The van der Waals surface area contributed by atoms with Gasteiger partial charge in [0.05, 0.1) is 13.2 Å². The summed E-state index contributed by atoms with van der Waals surface area (Å²) >= 11 is 0. The summed E-state index contributed by atoms with van der Waals surface area (Å²) in [6, 6.07) is 13.3.